The van der Waals surface area contributed by atoms with Crippen molar-refractivity contribution in [1.82, 2.24) is 0 Å². The van der Waals surface area contributed by atoms with Gasteiger partial charge in [-0.15, -0.1) is 0 Å². The molecule has 7 nitrogen and oxygen atoms in total. The van der Waals surface area contributed by atoms with Crippen LogP contribution in [-0.4, -0.2) is 11.1 Å². The fourth-order valence-electron chi connectivity index (χ4n) is 2.92. The van der Waals surface area contributed by atoms with Gasteiger partial charge in [0.25, 0.3) is 0 Å². The van der Waals surface area contributed by atoms with Gasteiger partial charge < -0.3 is 8.83 Å². The molecule has 2 aromatic carbocycles. The first-order valence-corrected chi connectivity index (χ1v) is 8.63. The summed E-state index contributed by atoms with van der Waals surface area (Å²) in [7, 11) is 0. The largest absolute Gasteiger partial charge is 0.436 e. The van der Waals surface area contributed by atoms with Gasteiger partial charge in [0.05, 0.1) is 12.3 Å². The van der Waals surface area contributed by atoms with E-state index in [1.54, 1.807) is 0 Å². The molecule has 0 spiro atoms. The zero-order chi connectivity index (χ0) is 20.2. The van der Waals surface area contributed by atoms with Crippen molar-refractivity contribution in [1.29, 1.82) is 5.26 Å². The number of nitrogens with zero attached hydrogens (tertiary/aromatic N) is 3. The minimum Gasteiger partial charge on any atom is -0.436 e. The first-order chi connectivity index (χ1) is 14.2. The minimum atomic E-state index is -0.633. The van der Waals surface area contributed by atoms with Crippen molar-refractivity contribution in [2.24, 2.45) is 4.99 Å². The molecule has 4 rings (SSSR count). The summed E-state index contributed by atoms with van der Waals surface area (Å²) in [5.74, 6) is 0.413. The number of nitriles is 1. The minimum absolute atomic E-state index is 0.101. The van der Waals surface area contributed by atoms with E-state index in [9.17, 15) is 15.4 Å². The van der Waals surface area contributed by atoms with Gasteiger partial charge in [-0.3, -0.25) is 10.1 Å². The summed E-state index contributed by atoms with van der Waals surface area (Å²) in [5.41, 5.74) is 2.53. The molecule has 0 aliphatic carbocycles. The Balaban J connectivity index is 1.84. The maximum absolute atomic E-state index is 10.8. The van der Waals surface area contributed by atoms with Crippen molar-refractivity contribution in [3.05, 3.63) is 94.2 Å². The van der Waals surface area contributed by atoms with Crippen LogP contribution >= 0.6 is 0 Å². The zero-order valence-electron chi connectivity index (χ0n) is 15.0. The summed E-state index contributed by atoms with van der Waals surface area (Å²) in [6, 6.07) is 23.7. The Labute approximate surface area is 165 Å². The molecule has 0 bridgehead atoms. The Morgan fingerprint density at radius 3 is 2.17 bits per heavy atom. The number of furan rings is 2. The van der Waals surface area contributed by atoms with E-state index in [0.717, 1.165) is 11.1 Å². The second-order valence-electron chi connectivity index (χ2n) is 6.02. The highest BCUT2D eigenvalue weighted by molar-refractivity contribution is 5.89. The highest BCUT2D eigenvalue weighted by atomic mass is 16.6. The van der Waals surface area contributed by atoms with Crippen LogP contribution in [0.4, 0.5) is 11.8 Å². The number of benzene rings is 2. The van der Waals surface area contributed by atoms with Gasteiger partial charge in [0.1, 0.15) is 22.3 Å². The maximum atomic E-state index is 10.8. The SMILES string of the molecule is N#Cc1c(N=Cc2ccc([N+](=O)[O-])o2)oc(-c2ccccc2)c1-c1ccccc1. The second kappa shape index (κ2) is 7.66. The van der Waals surface area contributed by atoms with Crippen molar-refractivity contribution < 1.29 is 13.8 Å². The summed E-state index contributed by atoms with van der Waals surface area (Å²) < 4.78 is 11.0. The van der Waals surface area contributed by atoms with Crippen LogP contribution in [0.3, 0.4) is 0 Å². The maximum Gasteiger partial charge on any atom is 0.433 e. The number of aliphatic imine (C=N–C) groups is 1. The highest BCUT2D eigenvalue weighted by Gasteiger charge is 2.22. The Morgan fingerprint density at radius 1 is 0.931 bits per heavy atom. The molecule has 0 saturated carbocycles. The Hall–Kier alpha value is -4.44. The summed E-state index contributed by atoms with van der Waals surface area (Å²) in [6.07, 6.45) is 1.29. The molecule has 29 heavy (non-hydrogen) atoms. The average Bonchev–Trinajstić information content (AvgIpc) is 3.38. The smallest absolute Gasteiger partial charge is 0.433 e. The molecule has 2 aromatic heterocycles. The van der Waals surface area contributed by atoms with Gasteiger partial charge >= 0.3 is 5.88 Å². The number of nitro groups is 1. The molecule has 0 saturated heterocycles. The Bertz CT molecular complexity index is 1230. The van der Waals surface area contributed by atoms with Crippen LogP contribution in [0.1, 0.15) is 11.3 Å². The van der Waals surface area contributed by atoms with E-state index in [-0.39, 0.29) is 23.1 Å². The number of hydrogen-bond acceptors (Lipinski definition) is 6. The second-order valence-corrected chi connectivity index (χ2v) is 6.02. The zero-order valence-corrected chi connectivity index (χ0v) is 15.0. The molecule has 0 aliphatic rings. The van der Waals surface area contributed by atoms with Crippen LogP contribution in [0, 0.1) is 21.4 Å². The molecular formula is C22H13N3O4. The van der Waals surface area contributed by atoms with Crippen LogP contribution in [0.5, 0.6) is 0 Å². The van der Waals surface area contributed by atoms with E-state index in [1.165, 1.54) is 18.3 Å². The van der Waals surface area contributed by atoms with E-state index in [1.807, 2.05) is 60.7 Å². The van der Waals surface area contributed by atoms with Gasteiger partial charge in [0.2, 0.25) is 5.88 Å². The number of hydrogen-bond donors (Lipinski definition) is 0. The monoisotopic (exact) mass is 383 g/mol. The lowest BCUT2D eigenvalue weighted by Gasteiger charge is -2.03. The van der Waals surface area contributed by atoms with Crippen LogP contribution in [-0.2, 0) is 0 Å². The standard InChI is InChI=1S/C22H13N3O4/c23-13-18-20(15-7-3-1-4-8-15)21(16-9-5-2-6-10-16)29-22(18)24-14-17-11-12-19(28-17)25(26)27/h1-12,14H. The molecule has 7 heteroatoms. The van der Waals surface area contributed by atoms with Crippen molar-refractivity contribution >= 4 is 18.0 Å². The molecule has 140 valence electrons. The molecule has 4 aromatic rings. The van der Waals surface area contributed by atoms with Crippen molar-refractivity contribution in [2.45, 2.75) is 0 Å². The van der Waals surface area contributed by atoms with Crippen LogP contribution in [0.2, 0.25) is 0 Å². The first kappa shape index (κ1) is 17.9. The lowest BCUT2D eigenvalue weighted by Crippen LogP contribution is -1.83. The van der Waals surface area contributed by atoms with E-state index < -0.39 is 4.92 Å². The third-order valence-electron chi connectivity index (χ3n) is 4.20. The summed E-state index contributed by atoms with van der Waals surface area (Å²) in [5, 5.41) is 20.6. The van der Waals surface area contributed by atoms with Crippen molar-refractivity contribution in [3.8, 4) is 28.5 Å². The van der Waals surface area contributed by atoms with Gasteiger partial charge in [0, 0.05) is 11.1 Å². The van der Waals surface area contributed by atoms with Gasteiger partial charge in [-0.2, -0.15) is 5.26 Å². The van der Waals surface area contributed by atoms with Gasteiger partial charge in [-0.05, 0) is 11.6 Å². The predicted octanol–water partition coefficient (Wildman–Crippen LogP) is 5.74. The molecule has 0 atom stereocenters. The van der Waals surface area contributed by atoms with Gasteiger partial charge in [-0.25, -0.2) is 4.99 Å². The van der Waals surface area contributed by atoms with Crippen LogP contribution in [0.25, 0.3) is 22.5 Å². The summed E-state index contributed by atoms with van der Waals surface area (Å²) >= 11 is 0. The summed E-state index contributed by atoms with van der Waals surface area (Å²) in [4.78, 5) is 14.3. The van der Waals surface area contributed by atoms with Crippen LogP contribution < -0.4 is 0 Å². The average molecular weight is 383 g/mol. The quantitative estimate of drug-likeness (QED) is 0.248. The molecule has 0 fully saturated rings. The molecule has 0 unspecified atom stereocenters. The van der Waals surface area contributed by atoms with Gasteiger partial charge in [0.15, 0.2) is 5.76 Å². The molecule has 0 N–H and O–H groups in total. The fraction of sp³-hybridized carbons (Fsp3) is 0. The predicted molar refractivity (Wildman–Crippen MR) is 107 cm³/mol. The Kier molecular flexibility index (Phi) is 4.74. The Morgan fingerprint density at radius 2 is 1.59 bits per heavy atom. The molecule has 0 radical (unpaired) electrons. The fourth-order valence-corrected chi connectivity index (χ4v) is 2.92. The van der Waals surface area contributed by atoms with E-state index in [4.69, 9.17) is 8.83 Å². The summed E-state index contributed by atoms with van der Waals surface area (Å²) in [6.45, 7) is 0. The lowest BCUT2D eigenvalue weighted by atomic mass is 9.98. The topological polar surface area (TPSA) is 106 Å². The first-order valence-electron chi connectivity index (χ1n) is 8.63. The van der Waals surface area contributed by atoms with Crippen molar-refractivity contribution in [3.63, 3.8) is 0 Å². The van der Waals surface area contributed by atoms with E-state index >= 15 is 0 Å². The van der Waals surface area contributed by atoms with Gasteiger partial charge in [-0.1, -0.05) is 60.7 Å². The lowest BCUT2D eigenvalue weighted by molar-refractivity contribution is -0.402. The molecular weight excluding hydrogens is 370 g/mol. The number of rotatable bonds is 5. The molecule has 0 aliphatic heterocycles. The van der Waals surface area contributed by atoms with Crippen LogP contribution in [0.15, 0.2) is 86.6 Å². The van der Waals surface area contributed by atoms with E-state index in [2.05, 4.69) is 11.1 Å². The normalized spacial score (nSPS) is 10.9. The third kappa shape index (κ3) is 3.55. The third-order valence-corrected chi connectivity index (χ3v) is 4.20. The van der Waals surface area contributed by atoms with E-state index in [0.29, 0.717) is 11.3 Å². The van der Waals surface area contributed by atoms with Crippen molar-refractivity contribution in [2.75, 3.05) is 0 Å². The molecule has 0 amide bonds. The molecule has 2 heterocycles. The highest BCUT2D eigenvalue weighted by Crippen LogP contribution is 2.42.